The van der Waals surface area contributed by atoms with Crippen LogP contribution in [0.1, 0.15) is 60.7 Å². The van der Waals surface area contributed by atoms with Gasteiger partial charge in [-0.3, -0.25) is 4.31 Å². The number of carbonyl (C=O) groups is 1. The van der Waals surface area contributed by atoms with E-state index >= 15 is 0 Å². The SMILES string of the molecule is COC1=NC2c3c(C)c(-c4ccc(C)cc4)c(C(OC(C)(C)C)C(=O)O)c(C)c3N(S(C)(=O)=O)CC2S1. The van der Waals surface area contributed by atoms with Gasteiger partial charge in [0.2, 0.25) is 15.3 Å². The molecule has 37 heavy (non-hydrogen) atoms. The number of thioether (sulfide) groups is 1. The van der Waals surface area contributed by atoms with E-state index in [0.717, 1.165) is 27.8 Å². The molecule has 3 unspecified atom stereocenters. The molecule has 4 rings (SSSR count). The number of aryl methyl sites for hydroxylation is 1. The number of hydrogen-bond acceptors (Lipinski definition) is 7. The van der Waals surface area contributed by atoms with Crippen molar-refractivity contribution in [1.29, 1.82) is 0 Å². The van der Waals surface area contributed by atoms with Crippen LogP contribution in [0.4, 0.5) is 5.69 Å². The van der Waals surface area contributed by atoms with Gasteiger partial charge in [-0.15, -0.1) is 0 Å². The fourth-order valence-electron chi connectivity index (χ4n) is 5.19. The van der Waals surface area contributed by atoms with Crippen molar-refractivity contribution in [3.05, 3.63) is 52.1 Å². The number of benzene rings is 2. The third-order valence-electron chi connectivity index (χ3n) is 6.68. The van der Waals surface area contributed by atoms with E-state index in [4.69, 9.17) is 14.5 Å². The minimum absolute atomic E-state index is 0.159. The maximum Gasteiger partial charge on any atom is 0.337 e. The molecular formula is C27H34N2O6S2. The van der Waals surface area contributed by atoms with Gasteiger partial charge in [0.15, 0.2) is 6.10 Å². The maximum atomic E-state index is 13.1. The Labute approximate surface area is 223 Å². The Balaban J connectivity index is 2.15. The largest absolute Gasteiger partial charge is 0.479 e. The molecule has 1 N–H and O–H groups in total. The zero-order chi connectivity index (χ0) is 27.4. The molecule has 2 aromatic carbocycles. The number of ether oxygens (including phenoxy) is 2. The molecule has 0 fully saturated rings. The highest BCUT2D eigenvalue weighted by Gasteiger charge is 2.46. The first-order valence-corrected chi connectivity index (χ1v) is 14.8. The number of carboxylic acids is 1. The summed E-state index contributed by atoms with van der Waals surface area (Å²) in [5, 5.41) is 10.7. The van der Waals surface area contributed by atoms with Crippen LogP contribution in [0.15, 0.2) is 29.3 Å². The number of nitrogens with zero attached hydrogens (tertiary/aromatic N) is 2. The normalized spacial score (nSPS) is 20.2. The molecule has 200 valence electrons. The van der Waals surface area contributed by atoms with Gasteiger partial charge < -0.3 is 14.6 Å². The summed E-state index contributed by atoms with van der Waals surface area (Å²) in [7, 11) is -2.13. The van der Waals surface area contributed by atoms with Gasteiger partial charge in [0, 0.05) is 17.7 Å². The third kappa shape index (κ3) is 5.11. The molecule has 2 aromatic rings. The van der Waals surface area contributed by atoms with E-state index in [1.165, 1.54) is 22.3 Å². The van der Waals surface area contributed by atoms with Gasteiger partial charge in [-0.25, -0.2) is 18.2 Å². The standard InChI is InChI=1S/C27H34N2O6S2/c1-14-9-11-17(12-10-14)19-15(2)21-22-18(36-26(28-22)34-7)13-29(37(8,32)33)23(21)16(3)20(19)24(25(30)31)35-27(4,5)6/h9-12,18,22,24H,13H2,1-8H3,(H,30,31). The average Bonchev–Trinajstić information content (AvgIpc) is 3.21. The Bertz CT molecular complexity index is 1380. The molecule has 0 aliphatic carbocycles. The number of anilines is 1. The number of aliphatic imine (C=N–C) groups is 1. The number of sulfonamides is 1. The second kappa shape index (κ2) is 9.63. The topological polar surface area (TPSA) is 106 Å². The number of rotatable bonds is 5. The first kappa shape index (κ1) is 27.5. The van der Waals surface area contributed by atoms with Crippen LogP contribution in [-0.4, -0.2) is 55.5 Å². The summed E-state index contributed by atoms with van der Waals surface area (Å²) in [6.07, 6.45) is -0.132. The molecule has 10 heteroatoms. The van der Waals surface area contributed by atoms with Crippen LogP contribution >= 0.6 is 11.8 Å². The number of fused-ring (bicyclic) bond motifs is 3. The monoisotopic (exact) mass is 546 g/mol. The zero-order valence-corrected chi connectivity index (χ0v) is 24.1. The van der Waals surface area contributed by atoms with Crippen LogP contribution in [0, 0.1) is 20.8 Å². The van der Waals surface area contributed by atoms with E-state index in [2.05, 4.69) is 0 Å². The quantitative estimate of drug-likeness (QED) is 0.552. The molecule has 2 aliphatic heterocycles. The Hall–Kier alpha value is -2.56. The van der Waals surface area contributed by atoms with Gasteiger partial charge in [-0.1, -0.05) is 41.6 Å². The minimum Gasteiger partial charge on any atom is -0.479 e. The van der Waals surface area contributed by atoms with E-state index in [9.17, 15) is 18.3 Å². The van der Waals surface area contributed by atoms with Gasteiger partial charge in [-0.2, -0.15) is 0 Å². The average molecular weight is 547 g/mol. The molecule has 8 nitrogen and oxygen atoms in total. The number of hydrogen-bond donors (Lipinski definition) is 1. The van der Waals surface area contributed by atoms with Crippen molar-refractivity contribution in [1.82, 2.24) is 0 Å². The lowest BCUT2D eigenvalue weighted by molar-refractivity contribution is -0.160. The van der Waals surface area contributed by atoms with Crippen molar-refractivity contribution in [2.75, 3.05) is 24.2 Å². The van der Waals surface area contributed by atoms with Crippen LogP contribution in [0.5, 0.6) is 0 Å². The summed E-state index contributed by atoms with van der Waals surface area (Å²) in [5.41, 5.74) is 4.94. The second-order valence-electron chi connectivity index (χ2n) is 10.6. The highest BCUT2D eigenvalue weighted by molar-refractivity contribution is 8.14. The number of methoxy groups -OCH3 is 1. The Morgan fingerprint density at radius 3 is 2.30 bits per heavy atom. The fourth-order valence-corrected chi connectivity index (χ4v) is 7.36. The predicted octanol–water partition coefficient (Wildman–Crippen LogP) is 5.16. The highest BCUT2D eigenvalue weighted by Crippen LogP contribution is 2.53. The molecule has 0 radical (unpaired) electrons. The Morgan fingerprint density at radius 2 is 1.78 bits per heavy atom. The molecule has 0 amide bonds. The van der Waals surface area contributed by atoms with Crippen LogP contribution in [0.25, 0.3) is 11.1 Å². The summed E-state index contributed by atoms with van der Waals surface area (Å²) in [5.74, 6) is -1.14. The van der Waals surface area contributed by atoms with E-state index < -0.39 is 27.7 Å². The molecule has 0 spiro atoms. The Kier molecular flexibility index (Phi) is 7.15. The lowest BCUT2D eigenvalue weighted by Crippen LogP contribution is -2.43. The van der Waals surface area contributed by atoms with Gasteiger partial charge in [-0.05, 0) is 63.8 Å². The van der Waals surface area contributed by atoms with E-state index in [1.807, 2.05) is 38.1 Å². The molecule has 2 heterocycles. The molecule has 0 bridgehead atoms. The maximum absolute atomic E-state index is 13.1. The number of carboxylic acid groups (broad SMARTS) is 1. The second-order valence-corrected chi connectivity index (χ2v) is 13.7. The van der Waals surface area contributed by atoms with E-state index in [1.54, 1.807) is 34.8 Å². The Morgan fingerprint density at radius 1 is 1.16 bits per heavy atom. The fraction of sp³-hybridized carbons (Fsp3) is 0.481. The first-order chi connectivity index (χ1) is 17.1. The van der Waals surface area contributed by atoms with Gasteiger partial charge in [0.1, 0.15) is 0 Å². The molecule has 2 aliphatic rings. The van der Waals surface area contributed by atoms with Gasteiger partial charge >= 0.3 is 5.97 Å². The predicted molar refractivity (Wildman–Crippen MR) is 148 cm³/mol. The summed E-state index contributed by atoms with van der Waals surface area (Å²) in [6.45, 7) is 11.3. The molecule has 0 saturated heterocycles. The summed E-state index contributed by atoms with van der Waals surface area (Å²) in [4.78, 5) is 17.5. The summed E-state index contributed by atoms with van der Waals surface area (Å²) < 4.78 is 39.1. The van der Waals surface area contributed by atoms with Crippen molar-refractivity contribution in [3.8, 4) is 11.1 Å². The molecule has 0 saturated carbocycles. The lowest BCUT2D eigenvalue weighted by atomic mass is 9.80. The zero-order valence-electron chi connectivity index (χ0n) is 22.4. The van der Waals surface area contributed by atoms with Crippen molar-refractivity contribution in [2.45, 2.75) is 64.5 Å². The van der Waals surface area contributed by atoms with Crippen molar-refractivity contribution in [3.63, 3.8) is 0 Å². The first-order valence-electron chi connectivity index (χ1n) is 12.0. The molecule has 3 atom stereocenters. The van der Waals surface area contributed by atoms with Crippen molar-refractivity contribution in [2.24, 2.45) is 4.99 Å². The van der Waals surface area contributed by atoms with Crippen molar-refractivity contribution < 1.29 is 27.8 Å². The highest BCUT2D eigenvalue weighted by atomic mass is 32.2. The minimum atomic E-state index is -3.68. The van der Waals surface area contributed by atoms with Gasteiger partial charge in [0.25, 0.3) is 0 Å². The lowest BCUT2D eigenvalue weighted by Gasteiger charge is -2.40. The van der Waals surface area contributed by atoms with Crippen LogP contribution in [0.3, 0.4) is 0 Å². The molecule has 0 aromatic heterocycles. The van der Waals surface area contributed by atoms with Gasteiger partial charge in [0.05, 0.1) is 35.9 Å². The van der Waals surface area contributed by atoms with E-state index in [0.29, 0.717) is 22.0 Å². The smallest absolute Gasteiger partial charge is 0.337 e. The van der Waals surface area contributed by atoms with E-state index in [-0.39, 0.29) is 17.8 Å². The summed E-state index contributed by atoms with van der Waals surface area (Å²) >= 11 is 1.42. The van der Waals surface area contributed by atoms with Crippen LogP contribution in [0.2, 0.25) is 0 Å². The summed E-state index contributed by atoms with van der Waals surface area (Å²) in [6, 6.07) is 7.56. The van der Waals surface area contributed by atoms with Crippen LogP contribution in [-0.2, 0) is 24.3 Å². The number of aliphatic carboxylic acids is 1. The van der Waals surface area contributed by atoms with Crippen molar-refractivity contribution >= 4 is 38.7 Å². The molecular weight excluding hydrogens is 512 g/mol. The third-order valence-corrected chi connectivity index (χ3v) is 8.99. The van der Waals surface area contributed by atoms with Crippen LogP contribution < -0.4 is 4.31 Å².